The van der Waals surface area contributed by atoms with Crippen LogP contribution in [0, 0.1) is 6.92 Å². The van der Waals surface area contributed by atoms with Crippen molar-refractivity contribution in [2.24, 2.45) is 5.73 Å². The molecule has 0 saturated carbocycles. The number of urea groups is 1. The highest BCUT2D eigenvalue weighted by molar-refractivity contribution is 5.99. The van der Waals surface area contributed by atoms with Gasteiger partial charge in [0.25, 0.3) is 0 Å². The van der Waals surface area contributed by atoms with Gasteiger partial charge in [0.2, 0.25) is 5.95 Å². The van der Waals surface area contributed by atoms with Gasteiger partial charge in [-0.25, -0.2) is 14.8 Å². The number of benzene rings is 1. The molecule has 1 aromatic carbocycles. The summed E-state index contributed by atoms with van der Waals surface area (Å²) in [6, 6.07) is 11.0. The van der Waals surface area contributed by atoms with Crippen LogP contribution in [-0.4, -0.2) is 34.1 Å². The first kappa shape index (κ1) is 17.6. The van der Waals surface area contributed by atoms with Crippen LogP contribution in [0.5, 0.6) is 0 Å². The quantitative estimate of drug-likeness (QED) is 0.507. The molecule has 0 atom stereocenters. The van der Waals surface area contributed by atoms with E-state index in [4.69, 9.17) is 5.73 Å². The lowest BCUT2D eigenvalue weighted by Crippen LogP contribution is -2.22. The third kappa shape index (κ3) is 4.64. The first-order chi connectivity index (χ1) is 12.6. The zero-order valence-electron chi connectivity index (χ0n) is 14.5. The van der Waals surface area contributed by atoms with Crippen molar-refractivity contribution in [1.29, 1.82) is 0 Å². The Bertz CT molecular complexity index is 913. The fourth-order valence-electron chi connectivity index (χ4n) is 2.43. The number of nitrogens with one attached hydrogen (secondary N) is 3. The van der Waals surface area contributed by atoms with Gasteiger partial charge in [0.1, 0.15) is 11.6 Å². The van der Waals surface area contributed by atoms with Gasteiger partial charge in [-0.15, -0.1) is 0 Å². The molecule has 0 unspecified atom stereocenters. The van der Waals surface area contributed by atoms with Crippen molar-refractivity contribution in [3.63, 3.8) is 0 Å². The molecule has 3 rings (SSSR count). The number of hydrogen-bond acceptors (Lipinski definition) is 6. The van der Waals surface area contributed by atoms with Gasteiger partial charge < -0.3 is 11.1 Å². The SMILES string of the molecule is Cc1cc(NCCCN)nc(NC(=O)Nc2cc3ccccc3cn2)n1. The molecule has 0 spiro atoms. The molecular weight excluding hydrogens is 330 g/mol. The van der Waals surface area contributed by atoms with E-state index in [-0.39, 0.29) is 5.95 Å². The monoisotopic (exact) mass is 351 g/mol. The molecule has 0 saturated heterocycles. The lowest BCUT2D eigenvalue weighted by molar-refractivity contribution is 0.262. The van der Waals surface area contributed by atoms with Gasteiger partial charge in [0, 0.05) is 29.9 Å². The van der Waals surface area contributed by atoms with Crippen LogP contribution in [0.3, 0.4) is 0 Å². The van der Waals surface area contributed by atoms with Crippen molar-refractivity contribution in [3.05, 3.63) is 48.3 Å². The van der Waals surface area contributed by atoms with E-state index in [1.165, 1.54) is 0 Å². The van der Waals surface area contributed by atoms with Gasteiger partial charge in [-0.1, -0.05) is 24.3 Å². The Labute approximate surface area is 151 Å². The number of fused-ring (bicyclic) bond motifs is 1. The maximum Gasteiger partial charge on any atom is 0.327 e. The minimum atomic E-state index is -0.453. The van der Waals surface area contributed by atoms with Crippen molar-refractivity contribution in [2.45, 2.75) is 13.3 Å². The smallest absolute Gasteiger partial charge is 0.327 e. The third-order valence-electron chi connectivity index (χ3n) is 3.64. The number of carbonyl (C=O) groups is 1. The highest BCUT2D eigenvalue weighted by Crippen LogP contribution is 2.16. The first-order valence-corrected chi connectivity index (χ1v) is 8.36. The Kier molecular flexibility index (Phi) is 5.55. The number of anilines is 3. The van der Waals surface area contributed by atoms with Crippen molar-refractivity contribution >= 4 is 34.4 Å². The van der Waals surface area contributed by atoms with Crippen LogP contribution in [0.1, 0.15) is 12.1 Å². The molecule has 134 valence electrons. The maximum absolute atomic E-state index is 12.2. The van der Waals surface area contributed by atoms with Crippen LogP contribution in [0.25, 0.3) is 10.8 Å². The van der Waals surface area contributed by atoms with Crippen molar-refractivity contribution in [2.75, 3.05) is 29.0 Å². The summed E-state index contributed by atoms with van der Waals surface area (Å²) in [4.78, 5) is 25.0. The zero-order chi connectivity index (χ0) is 18.4. The fraction of sp³-hybridized carbons (Fsp3) is 0.222. The molecule has 8 nitrogen and oxygen atoms in total. The number of hydrogen-bond donors (Lipinski definition) is 4. The first-order valence-electron chi connectivity index (χ1n) is 8.36. The zero-order valence-corrected chi connectivity index (χ0v) is 14.5. The molecule has 0 aliphatic heterocycles. The summed E-state index contributed by atoms with van der Waals surface area (Å²) in [6.45, 7) is 3.15. The van der Waals surface area contributed by atoms with Crippen LogP contribution in [0.15, 0.2) is 42.6 Å². The van der Waals surface area contributed by atoms with Gasteiger partial charge in [0.05, 0.1) is 0 Å². The van der Waals surface area contributed by atoms with Crippen LogP contribution < -0.4 is 21.7 Å². The minimum Gasteiger partial charge on any atom is -0.370 e. The molecule has 2 aromatic heterocycles. The number of pyridine rings is 1. The summed E-state index contributed by atoms with van der Waals surface area (Å²) in [6.07, 6.45) is 2.55. The Morgan fingerprint density at radius 2 is 1.88 bits per heavy atom. The summed E-state index contributed by atoms with van der Waals surface area (Å²) < 4.78 is 0. The largest absolute Gasteiger partial charge is 0.370 e. The van der Waals surface area contributed by atoms with Gasteiger partial charge in [-0.2, -0.15) is 4.98 Å². The number of aryl methyl sites for hydroxylation is 1. The standard InChI is InChI=1S/C18H21N7O/c1-12-9-15(20-8-4-7-19)23-17(22-12)25-18(26)24-16-10-13-5-2-3-6-14(13)11-21-16/h2-3,5-6,9-11H,4,7-8,19H2,1H3,(H3,20,21,22,23,24,25,26). The van der Waals surface area contributed by atoms with E-state index in [1.807, 2.05) is 43.3 Å². The molecule has 2 heterocycles. The van der Waals surface area contributed by atoms with E-state index >= 15 is 0 Å². The highest BCUT2D eigenvalue weighted by Gasteiger charge is 2.08. The molecule has 0 aliphatic rings. The van der Waals surface area contributed by atoms with Crippen molar-refractivity contribution in [1.82, 2.24) is 15.0 Å². The van der Waals surface area contributed by atoms with E-state index < -0.39 is 6.03 Å². The second kappa shape index (κ2) is 8.21. The molecule has 8 heteroatoms. The van der Waals surface area contributed by atoms with Crippen LogP contribution in [0.4, 0.5) is 22.4 Å². The van der Waals surface area contributed by atoms with Gasteiger partial charge >= 0.3 is 6.03 Å². The second-order valence-electron chi connectivity index (χ2n) is 5.78. The predicted molar refractivity (Wildman–Crippen MR) is 103 cm³/mol. The van der Waals surface area contributed by atoms with E-state index in [2.05, 4.69) is 30.9 Å². The van der Waals surface area contributed by atoms with E-state index in [9.17, 15) is 4.79 Å². The topological polar surface area (TPSA) is 118 Å². The van der Waals surface area contributed by atoms with E-state index in [0.29, 0.717) is 24.7 Å². The molecule has 0 radical (unpaired) electrons. The second-order valence-corrected chi connectivity index (χ2v) is 5.78. The Morgan fingerprint density at radius 3 is 2.69 bits per heavy atom. The summed E-state index contributed by atoms with van der Waals surface area (Å²) in [5.41, 5.74) is 6.23. The summed E-state index contributed by atoms with van der Waals surface area (Å²) >= 11 is 0. The number of nitrogens with zero attached hydrogens (tertiary/aromatic N) is 3. The number of amides is 2. The average Bonchev–Trinajstić information content (AvgIpc) is 2.61. The summed E-state index contributed by atoms with van der Waals surface area (Å²) in [5.74, 6) is 1.32. The van der Waals surface area contributed by atoms with Gasteiger partial charge in [-0.3, -0.25) is 10.6 Å². The average molecular weight is 351 g/mol. The van der Waals surface area contributed by atoms with Gasteiger partial charge in [0.15, 0.2) is 0 Å². The highest BCUT2D eigenvalue weighted by atomic mass is 16.2. The van der Waals surface area contributed by atoms with Crippen molar-refractivity contribution < 1.29 is 4.79 Å². The normalized spacial score (nSPS) is 10.5. The van der Waals surface area contributed by atoms with Crippen molar-refractivity contribution in [3.8, 4) is 0 Å². The minimum absolute atomic E-state index is 0.221. The molecule has 5 N–H and O–H groups in total. The van der Waals surface area contributed by atoms with Crippen LogP contribution >= 0.6 is 0 Å². The van der Waals surface area contributed by atoms with Crippen LogP contribution in [0.2, 0.25) is 0 Å². The Morgan fingerprint density at radius 1 is 1.08 bits per heavy atom. The number of carbonyl (C=O) groups excluding carboxylic acids is 1. The molecular formula is C18H21N7O. The lowest BCUT2D eigenvalue weighted by atomic mass is 10.2. The maximum atomic E-state index is 12.2. The molecule has 3 aromatic rings. The third-order valence-corrected chi connectivity index (χ3v) is 3.64. The molecule has 0 bridgehead atoms. The number of rotatable bonds is 6. The molecule has 0 fully saturated rings. The predicted octanol–water partition coefficient (Wildman–Crippen LogP) is 2.74. The summed E-state index contributed by atoms with van der Waals surface area (Å²) in [7, 11) is 0. The van der Waals surface area contributed by atoms with E-state index in [0.717, 1.165) is 22.9 Å². The number of nitrogens with two attached hydrogens (primary N) is 1. The fourth-order valence-corrected chi connectivity index (χ4v) is 2.43. The van der Waals surface area contributed by atoms with E-state index in [1.54, 1.807) is 6.20 Å². The van der Waals surface area contributed by atoms with Crippen LogP contribution in [-0.2, 0) is 0 Å². The molecule has 26 heavy (non-hydrogen) atoms. The lowest BCUT2D eigenvalue weighted by Gasteiger charge is -2.10. The summed E-state index contributed by atoms with van der Waals surface area (Å²) in [5, 5.41) is 10.5. The molecule has 0 aliphatic carbocycles. The Balaban J connectivity index is 1.66. The molecule has 2 amide bonds. The number of aromatic nitrogens is 3. The van der Waals surface area contributed by atoms with Gasteiger partial charge in [-0.05, 0) is 31.3 Å². The Hall–Kier alpha value is -3.26.